The Bertz CT molecular complexity index is 280. The molecule has 1 amide bonds. The first-order valence-electron chi connectivity index (χ1n) is 7.21. The third-order valence-corrected chi connectivity index (χ3v) is 4.19. The predicted octanol–water partition coefficient (Wildman–Crippen LogP) is 1.34. The number of amides is 1. The highest BCUT2D eigenvalue weighted by Crippen LogP contribution is 2.35. The summed E-state index contributed by atoms with van der Waals surface area (Å²) in [5.41, 5.74) is 10.9. The molecule has 0 aromatic carbocycles. The van der Waals surface area contributed by atoms with Crippen LogP contribution in [0.15, 0.2) is 0 Å². The van der Waals surface area contributed by atoms with Gasteiger partial charge in [-0.1, -0.05) is 27.2 Å². The molecule has 0 aliphatic heterocycles. The SMILES string of the molecule is CCN(CCC1CCCC1(N)C(N)=O)CC(C)C. The molecule has 0 aromatic rings. The van der Waals surface area contributed by atoms with Gasteiger partial charge in [0, 0.05) is 6.54 Å². The Morgan fingerprint density at radius 1 is 1.50 bits per heavy atom. The molecular weight excluding hydrogens is 226 g/mol. The Morgan fingerprint density at radius 3 is 2.67 bits per heavy atom. The highest BCUT2D eigenvalue weighted by atomic mass is 16.1. The summed E-state index contributed by atoms with van der Waals surface area (Å²) in [6.07, 6.45) is 3.81. The van der Waals surface area contributed by atoms with Gasteiger partial charge in [0.15, 0.2) is 0 Å². The first-order chi connectivity index (χ1) is 8.40. The van der Waals surface area contributed by atoms with E-state index in [0.717, 1.165) is 45.3 Å². The van der Waals surface area contributed by atoms with E-state index in [9.17, 15) is 4.79 Å². The van der Waals surface area contributed by atoms with E-state index in [-0.39, 0.29) is 11.8 Å². The quantitative estimate of drug-likeness (QED) is 0.721. The molecule has 4 heteroatoms. The molecule has 0 saturated heterocycles. The summed E-state index contributed by atoms with van der Waals surface area (Å²) in [4.78, 5) is 13.9. The predicted molar refractivity (Wildman–Crippen MR) is 75.0 cm³/mol. The van der Waals surface area contributed by atoms with Crippen molar-refractivity contribution >= 4 is 5.91 Å². The number of carbonyl (C=O) groups is 1. The number of hydrogen-bond donors (Lipinski definition) is 2. The Morgan fingerprint density at radius 2 is 2.17 bits per heavy atom. The lowest BCUT2D eigenvalue weighted by molar-refractivity contribution is -0.124. The number of primary amides is 1. The summed E-state index contributed by atoms with van der Waals surface area (Å²) in [6, 6.07) is 0. The maximum atomic E-state index is 11.5. The lowest BCUT2D eigenvalue weighted by Gasteiger charge is -2.30. The van der Waals surface area contributed by atoms with Crippen molar-refractivity contribution in [1.82, 2.24) is 4.90 Å². The fourth-order valence-corrected chi connectivity index (χ4v) is 3.06. The van der Waals surface area contributed by atoms with Gasteiger partial charge in [0.1, 0.15) is 0 Å². The first kappa shape index (κ1) is 15.4. The molecule has 0 bridgehead atoms. The molecule has 4 N–H and O–H groups in total. The molecule has 2 atom stereocenters. The number of hydrogen-bond acceptors (Lipinski definition) is 3. The van der Waals surface area contributed by atoms with E-state index in [1.807, 2.05) is 0 Å². The molecule has 1 rings (SSSR count). The van der Waals surface area contributed by atoms with Crippen molar-refractivity contribution in [3.63, 3.8) is 0 Å². The summed E-state index contributed by atoms with van der Waals surface area (Å²) >= 11 is 0. The van der Waals surface area contributed by atoms with Crippen molar-refractivity contribution < 1.29 is 4.79 Å². The highest BCUT2D eigenvalue weighted by Gasteiger charge is 2.43. The third kappa shape index (κ3) is 3.69. The van der Waals surface area contributed by atoms with E-state index in [4.69, 9.17) is 11.5 Å². The van der Waals surface area contributed by atoms with Crippen LogP contribution in [0.3, 0.4) is 0 Å². The zero-order valence-electron chi connectivity index (χ0n) is 12.1. The Hall–Kier alpha value is -0.610. The van der Waals surface area contributed by atoms with Crippen LogP contribution in [0.1, 0.15) is 46.5 Å². The van der Waals surface area contributed by atoms with Gasteiger partial charge in [-0.25, -0.2) is 0 Å². The smallest absolute Gasteiger partial charge is 0.237 e. The fourth-order valence-electron chi connectivity index (χ4n) is 3.06. The topological polar surface area (TPSA) is 72.3 Å². The minimum absolute atomic E-state index is 0.260. The monoisotopic (exact) mass is 255 g/mol. The molecular formula is C14H29N3O. The molecule has 0 heterocycles. The molecule has 0 aromatic heterocycles. The zero-order valence-corrected chi connectivity index (χ0v) is 12.1. The van der Waals surface area contributed by atoms with Crippen LogP contribution in [-0.2, 0) is 4.79 Å². The summed E-state index contributed by atoms with van der Waals surface area (Å²) in [5, 5.41) is 0. The molecule has 1 fully saturated rings. The van der Waals surface area contributed by atoms with Crippen molar-refractivity contribution in [2.45, 2.75) is 52.0 Å². The van der Waals surface area contributed by atoms with Crippen LogP contribution in [0.5, 0.6) is 0 Å². The molecule has 1 saturated carbocycles. The fraction of sp³-hybridized carbons (Fsp3) is 0.929. The van der Waals surface area contributed by atoms with Crippen molar-refractivity contribution in [2.24, 2.45) is 23.3 Å². The number of nitrogens with zero attached hydrogens (tertiary/aromatic N) is 1. The Labute approximate surface area is 111 Å². The zero-order chi connectivity index (χ0) is 13.8. The lowest BCUT2D eigenvalue weighted by atomic mass is 9.85. The summed E-state index contributed by atoms with van der Waals surface area (Å²) < 4.78 is 0. The van der Waals surface area contributed by atoms with Gasteiger partial charge < -0.3 is 16.4 Å². The van der Waals surface area contributed by atoms with E-state index in [1.165, 1.54) is 0 Å². The average molecular weight is 255 g/mol. The van der Waals surface area contributed by atoms with Gasteiger partial charge in [-0.05, 0) is 44.2 Å². The molecule has 18 heavy (non-hydrogen) atoms. The minimum atomic E-state index is -0.753. The third-order valence-electron chi connectivity index (χ3n) is 4.19. The standard InChI is InChI=1S/C14H29N3O/c1-4-17(10-11(2)3)9-7-12-6-5-8-14(12,16)13(15)18/h11-12H,4-10,16H2,1-3H3,(H2,15,18). The van der Waals surface area contributed by atoms with Crippen LogP contribution in [-0.4, -0.2) is 36.0 Å². The number of carbonyl (C=O) groups excluding carboxylic acids is 1. The molecule has 4 nitrogen and oxygen atoms in total. The first-order valence-corrected chi connectivity index (χ1v) is 7.21. The van der Waals surface area contributed by atoms with Crippen LogP contribution in [0.25, 0.3) is 0 Å². The van der Waals surface area contributed by atoms with Crippen LogP contribution in [0.2, 0.25) is 0 Å². The van der Waals surface area contributed by atoms with Crippen LogP contribution in [0.4, 0.5) is 0 Å². The van der Waals surface area contributed by atoms with Gasteiger partial charge >= 0.3 is 0 Å². The maximum Gasteiger partial charge on any atom is 0.237 e. The van der Waals surface area contributed by atoms with Gasteiger partial charge in [-0.2, -0.15) is 0 Å². The van der Waals surface area contributed by atoms with Crippen molar-refractivity contribution in [2.75, 3.05) is 19.6 Å². The Balaban J connectivity index is 2.49. The van der Waals surface area contributed by atoms with E-state index in [2.05, 4.69) is 25.7 Å². The van der Waals surface area contributed by atoms with Crippen molar-refractivity contribution in [1.29, 1.82) is 0 Å². The van der Waals surface area contributed by atoms with E-state index in [0.29, 0.717) is 5.92 Å². The molecule has 2 unspecified atom stereocenters. The van der Waals surface area contributed by atoms with Crippen LogP contribution < -0.4 is 11.5 Å². The minimum Gasteiger partial charge on any atom is -0.368 e. The number of rotatable bonds is 7. The summed E-state index contributed by atoms with van der Waals surface area (Å²) in [5.74, 6) is 0.612. The Kier molecular flexibility index (Phi) is 5.60. The summed E-state index contributed by atoms with van der Waals surface area (Å²) in [6.45, 7) is 9.83. The normalized spacial score (nSPS) is 28.2. The van der Waals surface area contributed by atoms with Gasteiger partial charge in [0.25, 0.3) is 0 Å². The average Bonchev–Trinajstić information content (AvgIpc) is 2.67. The number of nitrogens with two attached hydrogens (primary N) is 2. The summed E-state index contributed by atoms with van der Waals surface area (Å²) in [7, 11) is 0. The maximum absolute atomic E-state index is 11.5. The lowest BCUT2D eigenvalue weighted by Crippen LogP contribution is -2.55. The van der Waals surface area contributed by atoms with E-state index < -0.39 is 5.54 Å². The highest BCUT2D eigenvalue weighted by molar-refractivity contribution is 5.85. The second-order valence-electron chi connectivity index (χ2n) is 6.07. The van der Waals surface area contributed by atoms with Crippen LogP contribution >= 0.6 is 0 Å². The van der Waals surface area contributed by atoms with Gasteiger partial charge in [-0.3, -0.25) is 4.79 Å². The molecule has 1 aliphatic carbocycles. The second-order valence-corrected chi connectivity index (χ2v) is 6.07. The molecule has 1 aliphatic rings. The molecule has 0 spiro atoms. The van der Waals surface area contributed by atoms with Gasteiger partial charge in [0.2, 0.25) is 5.91 Å². The van der Waals surface area contributed by atoms with Gasteiger partial charge in [-0.15, -0.1) is 0 Å². The van der Waals surface area contributed by atoms with Crippen molar-refractivity contribution in [3.05, 3.63) is 0 Å². The largest absolute Gasteiger partial charge is 0.368 e. The van der Waals surface area contributed by atoms with E-state index in [1.54, 1.807) is 0 Å². The molecule has 106 valence electrons. The van der Waals surface area contributed by atoms with Crippen LogP contribution in [0, 0.1) is 11.8 Å². The van der Waals surface area contributed by atoms with E-state index >= 15 is 0 Å². The molecule has 0 radical (unpaired) electrons. The van der Waals surface area contributed by atoms with Crippen molar-refractivity contribution in [3.8, 4) is 0 Å². The van der Waals surface area contributed by atoms with Gasteiger partial charge in [0.05, 0.1) is 5.54 Å². The second kappa shape index (κ2) is 6.53.